The molecule has 0 amide bonds. The monoisotopic (exact) mass is 86.0 g/mol. The Morgan fingerprint density at radius 1 is 1.80 bits per heavy atom. The normalized spacial score (nSPS) is 20.8. The van der Waals surface area contributed by atoms with Gasteiger partial charge in [-0.15, -0.1) is 0 Å². The summed E-state index contributed by atoms with van der Waals surface area (Å²) in [5.74, 6) is 1.07. The highest BCUT2D eigenvalue weighted by atomic mass is 32.2. The van der Waals surface area contributed by atoms with Crippen LogP contribution in [0.15, 0.2) is 4.40 Å². The molecule has 0 N–H and O–H groups in total. The molecule has 0 fully saturated rings. The van der Waals surface area contributed by atoms with Crippen LogP contribution in [0, 0.1) is 6.42 Å². The molecular formula is C3H4NS. The Bertz CT molecular complexity index is 44.9. The molecule has 2 heteroatoms. The van der Waals surface area contributed by atoms with Crippen molar-refractivity contribution in [1.82, 2.24) is 0 Å². The van der Waals surface area contributed by atoms with Gasteiger partial charge in [0, 0.05) is 18.4 Å². The van der Waals surface area contributed by atoms with E-state index in [2.05, 4.69) is 4.40 Å². The number of hydrogen-bond acceptors (Lipinski definition) is 2. The fourth-order valence-corrected chi connectivity index (χ4v) is 0.645. The van der Waals surface area contributed by atoms with Gasteiger partial charge in [-0.3, -0.25) is 0 Å². The van der Waals surface area contributed by atoms with E-state index in [9.17, 15) is 0 Å². The average molecular weight is 86.1 g/mol. The molecule has 1 aliphatic rings. The predicted molar refractivity (Wildman–Crippen MR) is 25.2 cm³/mol. The molecule has 1 rings (SSSR count). The first-order valence-corrected chi connectivity index (χ1v) is 2.41. The third kappa shape index (κ3) is 0.651. The maximum atomic E-state index is 3.82. The molecule has 1 radical (unpaired) electrons. The number of nitrogens with zero attached hydrogens (tertiary/aromatic N) is 1. The zero-order valence-electron chi connectivity index (χ0n) is 2.72. The lowest BCUT2D eigenvalue weighted by Crippen LogP contribution is -1.65. The summed E-state index contributed by atoms with van der Waals surface area (Å²) in [6.45, 7) is 0. The van der Waals surface area contributed by atoms with Crippen molar-refractivity contribution < 1.29 is 0 Å². The maximum Gasteiger partial charge on any atom is 0.0237 e. The predicted octanol–water partition coefficient (Wildman–Crippen LogP) is 0.923. The minimum atomic E-state index is 1.07. The largest absolute Gasteiger partial charge is 0.229 e. The summed E-state index contributed by atoms with van der Waals surface area (Å²) < 4.78 is 3.82. The summed E-state index contributed by atoms with van der Waals surface area (Å²) in [6.07, 6.45) is 3.86. The minimum absolute atomic E-state index is 1.07. The Labute approximate surface area is 35.6 Å². The number of rotatable bonds is 0. The van der Waals surface area contributed by atoms with E-state index >= 15 is 0 Å². The molecule has 0 aromatic rings. The molecule has 0 bridgehead atoms. The molecule has 0 aromatic carbocycles. The van der Waals surface area contributed by atoms with Crippen LogP contribution in [0.5, 0.6) is 0 Å². The van der Waals surface area contributed by atoms with Gasteiger partial charge in [-0.05, 0) is 11.9 Å². The lowest BCUT2D eigenvalue weighted by Gasteiger charge is -1.66. The summed E-state index contributed by atoms with van der Waals surface area (Å²) in [6, 6.07) is 0. The summed E-state index contributed by atoms with van der Waals surface area (Å²) in [4.78, 5) is 0. The van der Waals surface area contributed by atoms with Crippen molar-refractivity contribution in [3.63, 3.8) is 0 Å². The summed E-state index contributed by atoms with van der Waals surface area (Å²) in [5, 5.41) is 0. The smallest absolute Gasteiger partial charge is 0.0237 e. The molecule has 1 heterocycles. The topological polar surface area (TPSA) is 12.4 Å². The van der Waals surface area contributed by atoms with E-state index < -0.39 is 0 Å². The van der Waals surface area contributed by atoms with Crippen LogP contribution in [0.25, 0.3) is 0 Å². The molecule has 0 atom stereocenters. The van der Waals surface area contributed by atoms with Crippen molar-refractivity contribution in [2.45, 2.75) is 0 Å². The van der Waals surface area contributed by atoms with Gasteiger partial charge in [0.05, 0.1) is 0 Å². The molecule has 5 heavy (non-hydrogen) atoms. The molecular weight excluding hydrogens is 82.1 g/mol. The Hall–Kier alpha value is 0.0200. The van der Waals surface area contributed by atoms with Gasteiger partial charge in [-0.1, -0.05) is 0 Å². The van der Waals surface area contributed by atoms with Gasteiger partial charge < -0.3 is 0 Å². The first kappa shape index (κ1) is 3.22. The van der Waals surface area contributed by atoms with Crippen LogP contribution in [-0.2, 0) is 0 Å². The fraction of sp³-hybridized carbons (Fsp3) is 0.333. The standard InChI is InChI=1S/C3H4NS/c1-2-4-5-3-1/h1-2H,3H2. The van der Waals surface area contributed by atoms with Crippen LogP contribution in [0.4, 0.5) is 0 Å². The molecule has 1 nitrogen and oxygen atoms in total. The first-order valence-electron chi connectivity index (χ1n) is 1.47. The van der Waals surface area contributed by atoms with Gasteiger partial charge in [0.15, 0.2) is 0 Å². The molecule has 0 unspecified atom stereocenters. The Balaban J connectivity index is 2.32. The highest BCUT2D eigenvalue weighted by Gasteiger charge is 1.87. The third-order valence-corrected chi connectivity index (χ3v) is 1.02. The third-order valence-electron chi connectivity index (χ3n) is 0.412. The minimum Gasteiger partial charge on any atom is -0.229 e. The lowest BCUT2D eigenvalue weighted by molar-refractivity contribution is 1.74. The second-order valence-electron chi connectivity index (χ2n) is 0.786. The SMILES string of the molecule is [CH]1C=NSC1. The first-order chi connectivity index (χ1) is 2.50. The molecule has 0 aromatic heterocycles. The molecule has 27 valence electrons. The number of hydrogen-bond donors (Lipinski definition) is 0. The van der Waals surface area contributed by atoms with Crippen molar-refractivity contribution in [2.75, 3.05) is 5.75 Å². The summed E-state index contributed by atoms with van der Waals surface area (Å²) in [7, 11) is 0. The van der Waals surface area contributed by atoms with E-state index in [1.165, 1.54) is 0 Å². The van der Waals surface area contributed by atoms with E-state index in [4.69, 9.17) is 0 Å². The van der Waals surface area contributed by atoms with Crippen LogP contribution < -0.4 is 0 Å². The van der Waals surface area contributed by atoms with Crippen LogP contribution >= 0.6 is 11.9 Å². The lowest BCUT2D eigenvalue weighted by atomic mass is 10.6. The van der Waals surface area contributed by atoms with Crippen LogP contribution in [0.3, 0.4) is 0 Å². The molecule has 0 aliphatic carbocycles. The summed E-state index contributed by atoms with van der Waals surface area (Å²) in [5.41, 5.74) is 0. The van der Waals surface area contributed by atoms with E-state index in [1.807, 2.05) is 12.6 Å². The highest BCUT2D eigenvalue weighted by Crippen LogP contribution is 2.06. The maximum absolute atomic E-state index is 3.82. The van der Waals surface area contributed by atoms with E-state index in [0.717, 1.165) is 5.75 Å². The second-order valence-corrected chi connectivity index (χ2v) is 1.59. The van der Waals surface area contributed by atoms with Gasteiger partial charge in [0.2, 0.25) is 0 Å². The average Bonchev–Trinajstić information content (AvgIpc) is 1.76. The molecule has 0 saturated heterocycles. The quantitative estimate of drug-likeness (QED) is 0.399. The van der Waals surface area contributed by atoms with Crippen LogP contribution in [0.2, 0.25) is 0 Å². The molecule has 0 saturated carbocycles. The van der Waals surface area contributed by atoms with E-state index in [-0.39, 0.29) is 0 Å². The Morgan fingerprint density at radius 2 is 2.80 bits per heavy atom. The van der Waals surface area contributed by atoms with Crippen molar-refractivity contribution in [3.05, 3.63) is 6.42 Å². The van der Waals surface area contributed by atoms with Gasteiger partial charge in [-0.2, -0.15) is 0 Å². The van der Waals surface area contributed by atoms with E-state index in [0.29, 0.717) is 0 Å². The van der Waals surface area contributed by atoms with Crippen molar-refractivity contribution in [3.8, 4) is 0 Å². The summed E-state index contributed by atoms with van der Waals surface area (Å²) >= 11 is 1.59. The van der Waals surface area contributed by atoms with Gasteiger partial charge in [0.25, 0.3) is 0 Å². The Kier molecular flexibility index (Phi) is 0.937. The zero-order valence-corrected chi connectivity index (χ0v) is 3.53. The zero-order chi connectivity index (χ0) is 3.54. The van der Waals surface area contributed by atoms with Gasteiger partial charge in [0.1, 0.15) is 0 Å². The molecule has 1 aliphatic heterocycles. The van der Waals surface area contributed by atoms with Gasteiger partial charge in [-0.25, -0.2) is 4.40 Å². The van der Waals surface area contributed by atoms with Crippen LogP contribution in [-0.4, -0.2) is 12.0 Å². The highest BCUT2D eigenvalue weighted by molar-refractivity contribution is 7.98. The van der Waals surface area contributed by atoms with Gasteiger partial charge >= 0.3 is 0 Å². The second kappa shape index (κ2) is 1.45. The van der Waals surface area contributed by atoms with Crippen LogP contribution in [0.1, 0.15) is 0 Å². The Morgan fingerprint density at radius 3 is 3.00 bits per heavy atom. The van der Waals surface area contributed by atoms with Crippen molar-refractivity contribution in [2.24, 2.45) is 4.40 Å². The van der Waals surface area contributed by atoms with E-state index in [1.54, 1.807) is 11.9 Å². The molecule has 0 spiro atoms. The van der Waals surface area contributed by atoms with Crippen molar-refractivity contribution >= 4 is 18.2 Å². The fourth-order valence-electron chi connectivity index (χ4n) is 0.215. The van der Waals surface area contributed by atoms with Crippen molar-refractivity contribution in [1.29, 1.82) is 0 Å².